The molecule has 0 fully saturated rings. The summed E-state index contributed by atoms with van der Waals surface area (Å²) >= 11 is 0. The average molecular weight is 520 g/mol. The maximum atomic E-state index is 12.3. The summed E-state index contributed by atoms with van der Waals surface area (Å²) in [6.45, 7) is 1.63. The van der Waals surface area contributed by atoms with Gasteiger partial charge >= 0.3 is 41.8 Å². The van der Waals surface area contributed by atoms with Gasteiger partial charge in [0.05, 0.1) is 41.9 Å². The summed E-state index contributed by atoms with van der Waals surface area (Å²) in [6, 6.07) is 0. The molecule has 14 nitrogen and oxygen atoms in total. The minimum Gasteiger partial charge on any atom is -0.481 e. The molecule has 0 saturated heterocycles. The number of unbranched alkanes of at least 4 members (excludes halogenated alkanes) is 1. The second-order valence-electron chi connectivity index (χ2n) is 9.02. The van der Waals surface area contributed by atoms with Crippen molar-refractivity contribution in [1.82, 2.24) is 0 Å². The summed E-state index contributed by atoms with van der Waals surface area (Å²) in [5.41, 5.74) is -4.97. The van der Waals surface area contributed by atoms with E-state index in [0.717, 1.165) is 0 Å². The fourth-order valence-electron chi connectivity index (χ4n) is 4.46. The van der Waals surface area contributed by atoms with Crippen LogP contribution in [0.15, 0.2) is 0 Å². The maximum absolute atomic E-state index is 12.3. The summed E-state index contributed by atoms with van der Waals surface area (Å²) in [4.78, 5) is 81.6. The molecule has 14 heteroatoms. The maximum Gasteiger partial charge on any atom is 0.310 e. The van der Waals surface area contributed by atoms with Gasteiger partial charge in [0.15, 0.2) is 0 Å². The van der Waals surface area contributed by atoms with Gasteiger partial charge in [-0.1, -0.05) is 19.8 Å². The third-order valence-corrected chi connectivity index (χ3v) is 6.27. The van der Waals surface area contributed by atoms with Crippen molar-refractivity contribution in [2.45, 2.75) is 71.1 Å². The molecular weight excluding hydrogens is 488 g/mol. The molecular formula is C22H32O14. The quantitative estimate of drug-likeness (QED) is 0.113. The smallest absolute Gasteiger partial charge is 0.310 e. The fraction of sp³-hybridized carbons (Fsp3) is 0.682. The van der Waals surface area contributed by atoms with Crippen molar-refractivity contribution in [3.8, 4) is 0 Å². The van der Waals surface area contributed by atoms with Crippen molar-refractivity contribution < 1.29 is 69.3 Å². The molecule has 36 heavy (non-hydrogen) atoms. The minimum atomic E-state index is -2.62. The fourth-order valence-corrected chi connectivity index (χ4v) is 4.46. The van der Waals surface area contributed by atoms with Crippen LogP contribution in [0.2, 0.25) is 0 Å². The van der Waals surface area contributed by atoms with E-state index in [-0.39, 0.29) is 25.7 Å². The predicted octanol–water partition coefficient (Wildman–Crippen LogP) is 1.70. The van der Waals surface area contributed by atoms with Crippen LogP contribution in [0.5, 0.6) is 0 Å². The average Bonchev–Trinajstić information content (AvgIpc) is 2.71. The molecule has 4 atom stereocenters. The number of hydrogen-bond donors (Lipinski definition) is 7. The van der Waals surface area contributed by atoms with Gasteiger partial charge in [0.1, 0.15) is 0 Å². The van der Waals surface area contributed by atoms with Crippen molar-refractivity contribution in [2.75, 3.05) is 0 Å². The topological polar surface area (TPSA) is 261 Å². The van der Waals surface area contributed by atoms with Gasteiger partial charge in [-0.15, -0.1) is 0 Å². The molecule has 0 aromatic carbocycles. The highest BCUT2D eigenvalue weighted by molar-refractivity contribution is 5.86. The molecule has 0 aliphatic carbocycles. The Morgan fingerprint density at radius 3 is 1.47 bits per heavy atom. The van der Waals surface area contributed by atoms with Crippen molar-refractivity contribution in [3.05, 3.63) is 0 Å². The third-order valence-electron chi connectivity index (χ3n) is 6.27. The number of carbonyl (C=O) groups is 7. The Bertz CT molecular complexity index is 865. The van der Waals surface area contributed by atoms with Crippen LogP contribution in [0.25, 0.3) is 0 Å². The first-order valence-corrected chi connectivity index (χ1v) is 11.1. The molecule has 0 bridgehead atoms. The van der Waals surface area contributed by atoms with Crippen LogP contribution in [-0.4, -0.2) is 77.5 Å². The van der Waals surface area contributed by atoms with E-state index in [9.17, 15) is 59.1 Å². The Kier molecular flexibility index (Phi) is 12.6. The van der Waals surface area contributed by atoms with Crippen molar-refractivity contribution in [3.63, 3.8) is 0 Å². The predicted molar refractivity (Wildman–Crippen MR) is 117 cm³/mol. The number of hydrogen-bond acceptors (Lipinski definition) is 7. The van der Waals surface area contributed by atoms with Gasteiger partial charge in [-0.25, -0.2) is 0 Å². The zero-order chi connectivity index (χ0) is 28.3. The summed E-state index contributed by atoms with van der Waals surface area (Å²) < 4.78 is 0. The monoisotopic (exact) mass is 520 g/mol. The van der Waals surface area contributed by atoms with Gasteiger partial charge in [-0.3, -0.25) is 33.6 Å². The number of rotatable bonds is 20. The SMILES string of the molecule is CCC(CCCCC(CC(=O)O)(CC(CC(=O)O)(CC(CC(=O)O)C(=O)O)C(=O)O)C(=O)O)C(=O)O. The van der Waals surface area contributed by atoms with Gasteiger partial charge in [0, 0.05) is 0 Å². The molecule has 0 aromatic rings. The molecule has 0 saturated carbocycles. The molecule has 0 radical (unpaired) electrons. The Hall–Kier alpha value is -3.71. The van der Waals surface area contributed by atoms with E-state index in [1.165, 1.54) is 0 Å². The Morgan fingerprint density at radius 2 is 1.11 bits per heavy atom. The zero-order valence-corrected chi connectivity index (χ0v) is 19.7. The van der Waals surface area contributed by atoms with E-state index >= 15 is 0 Å². The zero-order valence-electron chi connectivity index (χ0n) is 19.7. The standard InChI is InChI=1S/C22H32O14/c1-2-12(17(29)30)5-3-4-6-21(19(33)34,9-15(25)26)11-22(20(35)36,10-16(27)28)8-13(18(31)32)7-14(23)24/h12-13H,2-11H2,1H3,(H,23,24)(H,25,26)(H,27,28)(H,29,30)(H,31,32)(H,33,34)(H,35,36). The van der Waals surface area contributed by atoms with Crippen molar-refractivity contribution in [1.29, 1.82) is 0 Å². The first kappa shape index (κ1) is 32.3. The second-order valence-corrected chi connectivity index (χ2v) is 9.02. The highest BCUT2D eigenvalue weighted by Crippen LogP contribution is 2.47. The molecule has 0 amide bonds. The minimum absolute atomic E-state index is 0.0381. The lowest BCUT2D eigenvalue weighted by Gasteiger charge is -2.38. The first-order chi connectivity index (χ1) is 16.5. The normalized spacial score (nSPS) is 16.0. The Balaban J connectivity index is 6.42. The van der Waals surface area contributed by atoms with Crippen LogP contribution in [0, 0.1) is 22.7 Å². The molecule has 0 aliphatic heterocycles. The van der Waals surface area contributed by atoms with Crippen LogP contribution in [0.4, 0.5) is 0 Å². The molecule has 4 unspecified atom stereocenters. The molecule has 0 spiro atoms. The van der Waals surface area contributed by atoms with E-state index in [0.29, 0.717) is 0 Å². The van der Waals surface area contributed by atoms with E-state index in [4.69, 9.17) is 10.2 Å². The highest BCUT2D eigenvalue weighted by Gasteiger charge is 2.53. The van der Waals surface area contributed by atoms with Crippen molar-refractivity contribution in [2.24, 2.45) is 22.7 Å². The molecule has 7 N–H and O–H groups in total. The summed E-state index contributed by atoms with van der Waals surface area (Å²) in [7, 11) is 0. The van der Waals surface area contributed by atoms with Gasteiger partial charge in [0.25, 0.3) is 0 Å². The van der Waals surface area contributed by atoms with Crippen LogP contribution < -0.4 is 0 Å². The van der Waals surface area contributed by atoms with E-state index < -0.39 is 103 Å². The molecule has 0 aromatic heterocycles. The van der Waals surface area contributed by atoms with Gasteiger partial charge < -0.3 is 35.7 Å². The van der Waals surface area contributed by atoms with Gasteiger partial charge in [0.2, 0.25) is 0 Å². The lowest BCUT2D eigenvalue weighted by molar-refractivity contribution is -0.170. The molecule has 0 rings (SSSR count). The molecule has 0 aliphatic rings. The van der Waals surface area contributed by atoms with E-state index in [1.807, 2.05) is 0 Å². The van der Waals surface area contributed by atoms with Crippen LogP contribution in [0.1, 0.15) is 71.1 Å². The van der Waals surface area contributed by atoms with Crippen LogP contribution >= 0.6 is 0 Å². The van der Waals surface area contributed by atoms with Gasteiger partial charge in [-0.05, 0) is 32.1 Å². The Labute approximate surface area is 205 Å². The Morgan fingerprint density at radius 1 is 0.639 bits per heavy atom. The van der Waals surface area contributed by atoms with Gasteiger partial charge in [-0.2, -0.15) is 0 Å². The lowest BCUT2D eigenvalue weighted by Crippen LogP contribution is -2.46. The highest BCUT2D eigenvalue weighted by atomic mass is 16.4. The molecule has 0 heterocycles. The number of aliphatic carboxylic acids is 7. The number of carboxylic acids is 7. The lowest BCUT2D eigenvalue weighted by atomic mass is 9.62. The second kappa shape index (κ2) is 14.0. The first-order valence-electron chi connectivity index (χ1n) is 11.1. The van der Waals surface area contributed by atoms with Crippen LogP contribution in [-0.2, 0) is 33.6 Å². The van der Waals surface area contributed by atoms with E-state index in [2.05, 4.69) is 0 Å². The number of carboxylic acid groups (broad SMARTS) is 7. The summed E-state index contributed by atoms with van der Waals surface area (Å²) in [5, 5.41) is 66.2. The largest absolute Gasteiger partial charge is 0.481 e. The van der Waals surface area contributed by atoms with Crippen molar-refractivity contribution >= 4 is 41.8 Å². The summed E-state index contributed by atoms with van der Waals surface area (Å²) in [5.74, 6) is -14.1. The van der Waals surface area contributed by atoms with E-state index in [1.54, 1.807) is 6.92 Å². The third kappa shape index (κ3) is 9.88. The summed E-state index contributed by atoms with van der Waals surface area (Å²) in [6.07, 6.45) is -5.57. The molecule has 204 valence electrons. The van der Waals surface area contributed by atoms with Crippen LogP contribution in [0.3, 0.4) is 0 Å².